The smallest absolute Gasteiger partial charge is 0.271 e. The number of halogens is 3. The second kappa shape index (κ2) is 19.2. The van der Waals surface area contributed by atoms with Crippen molar-refractivity contribution in [3.63, 3.8) is 0 Å². The molecule has 1 aromatic carbocycles. The van der Waals surface area contributed by atoms with Crippen LogP contribution in [0.2, 0.25) is 0 Å². The lowest BCUT2D eigenvalue weighted by Gasteiger charge is -2.24. The van der Waals surface area contributed by atoms with E-state index in [0.29, 0.717) is 25.2 Å². The summed E-state index contributed by atoms with van der Waals surface area (Å²) in [5.41, 5.74) is 0.503. The van der Waals surface area contributed by atoms with E-state index in [2.05, 4.69) is 6.92 Å². The molecule has 0 radical (unpaired) electrons. The van der Waals surface area contributed by atoms with Crippen molar-refractivity contribution in [2.75, 3.05) is 13.2 Å². The molecule has 33 heavy (non-hydrogen) atoms. The fraction of sp³-hybridized carbons (Fsp3) is 0.778. The monoisotopic (exact) mass is 474 g/mol. The summed E-state index contributed by atoms with van der Waals surface area (Å²) >= 11 is 0. The van der Waals surface area contributed by atoms with Crippen molar-refractivity contribution in [2.24, 2.45) is 0 Å². The predicted molar refractivity (Wildman–Crippen MR) is 128 cm³/mol. The molecule has 1 unspecified atom stereocenters. The van der Waals surface area contributed by atoms with Gasteiger partial charge in [-0.15, -0.1) is 0 Å². The lowest BCUT2D eigenvalue weighted by Crippen LogP contribution is -2.27. The Hall–Kier alpha value is -1.11. The molecule has 0 spiro atoms. The van der Waals surface area contributed by atoms with Crippen molar-refractivity contribution in [3.05, 3.63) is 35.1 Å². The van der Waals surface area contributed by atoms with Crippen molar-refractivity contribution >= 4 is 0 Å². The molecule has 6 heteroatoms. The lowest BCUT2D eigenvalue weighted by atomic mass is 10.0. The second-order valence-corrected chi connectivity index (χ2v) is 8.69. The Morgan fingerprint density at radius 1 is 0.667 bits per heavy atom. The van der Waals surface area contributed by atoms with E-state index in [9.17, 15) is 13.2 Å². The Bertz CT molecular complexity index is 583. The average Bonchev–Trinajstić information content (AvgIpc) is 2.79. The minimum Gasteiger partial charge on any atom is -0.330 e. The molecule has 0 aliphatic rings. The first-order valence-electron chi connectivity index (χ1n) is 13.0. The molecule has 0 N–H and O–H groups in total. The molecule has 192 valence electrons. The Labute approximate surface area is 199 Å². The average molecular weight is 475 g/mol. The van der Waals surface area contributed by atoms with Crippen LogP contribution in [0.25, 0.3) is 0 Å². The Balaban J connectivity index is 2.35. The van der Waals surface area contributed by atoms with Gasteiger partial charge in [0.05, 0.1) is 6.10 Å². The number of ether oxygens (including phenoxy) is 3. The van der Waals surface area contributed by atoms with Crippen molar-refractivity contribution in [2.45, 2.75) is 123 Å². The maximum atomic E-state index is 13.3. The van der Waals surface area contributed by atoms with E-state index >= 15 is 0 Å². The first-order valence-corrected chi connectivity index (χ1v) is 13.0. The highest BCUT2D eigenvalue weighted by atomic mass is 19.2. The standard InChI is InChI=1S/C27H45F3O3/c1-4-7-8-9-10-11-15-18-23(33-27(31-5-2)32-6-3)19-16-13-12-14-17-22-20-24(28)26(30)25(29)21-22/h20-21,23,27H,4-19H2,1-3H3. The molecular formula is C27H45F3O3. The van der Waals surface area contributed by atoms with Crippen LogP contribution >= 0.6 is 0 Å². The summed E-state index contributed by atoms with van der Waals surface area (Å²) in [6, 6.07) is 2.18. The predicted octanol–water partition coefficient (Wildman–Crippen LogP) is 8.48. The van der Waals surface area contributed by atoms with Crippen LogP contribution in [0.5, 0.6) is 0 Å². The van der Waals surface area contributed by atoms with E-state index in [1.165, 1.54) is 38.5 Å². The molecular weight excluding hydrogens is 429 g/mol. The van der Waals surface area contributed by atoms with Crippen LogP contribution in [0, 0.1) is 17.5 Å². The number of hydrogen-bond donors (Lipinski definition) is 0. The van der Waals surface area contributed by atoms with E-state index in [-0.39, 0.29) is 6.10 Å². The van der Waals surface area contributed by atoms with E-state index in [1.807, 2.05) is 13.8 Å². The van der Waals surface area contributed by atoms with Crippen LogP contribution in [0.4, 0.5) is 13.2 Å². The zero-order valence-corrected chi connectivity index (χ0v) is 21.0. The van der Waals surface area contributed by atoms with Gasteiger partial charge >= 0.3 is 0 Å². The highest BCUT2D eigenvalue weighted by molar-refractivity contribution is 5.19. The van der Waals surface area contributed by atoms with Crippen LogP contribution in [-0.4, -0.2) is 25.8 Å². The molecule has 0 amide bonds. The number of aryl methyl sites for hydroxylation is 1. The fourth-order valence-corrected chi connectivity index (χ4v) is 3.97. The molecule has 3 nitrogen and oxygen atoms in total. The van der Waals surface area contributed by atoms with Crippen LogP contribution in [-0.2, 0) is 20.6 Å². The van der Waals surface area contributed by atoms with Crippen molar-refractivity contribution < 1.29 is 27.4 Å². The largest absolute Gasteiger partial charge is 0.330 e. The summed E-state index contributed by atoms with van der Waals surface area (Å²) in [5.74, 6) is -3.63. The van der Waals surface area contributed by atoms with Crippen molar-refractivity contribution in [3.8, 4) is 0 Å². The number of benzene rings is 1. The first-order chi connectivity index (χ1) is 16.0. The van der Waals surface area contributed by atoms with Gasteiger partial charge in [-0.05, 0) is 57.2 Å². The Kier molecular flexibility index (Phi) is 17.4. The summed E-state index contributed by atoms with van der Waals surface area (Å²) in [4.78, 5) is 0. The molecule has 1 atom stereocenters. The molecule has 0 heterocycles. The fourth-order valence-electron chi connectivity index (χ4n) is 3.97. The molecule has 0 aromatic heterocycles. The molecule has 0 fully saturated rings. The van der Waals surface area contributed by atoms with E-state index in [0.717, 1.165) is 57.1 Å². The van der Waals surface area contributed by atoms with Gasteiger partial charge in [0.1, 0.15) is 0 Å². The number of unbranched alkanes of at least 4 members (excludes halogenated alkanes) is 9. The van der Waals surface area contributed by atoms with Gasteiger partial charge in [0.25, 0.3) is 6.48 Å². The quantitative estimate of drug-likeness (QED) is 0.102. The highest BCUT2D eigenvalue weighted by Gasteiger charge is 2.17. The van der Waals surface area contributed by atoms with Crippen molar-refractivity contribution in [1.82, 2.24) is 0 Å². The summed E-state index contributed by atoms with van der Waals surface area (Å²) < 4.78 is 57.0. The SMILES string of the molecule is CCCCCCCCCC(CCCCCCc1cc(F)c(F)c(F)c1)OC(OCC)OCC. The van der Waals surface area contributed by atoms with Gasteiger partial charge in [-0.1, -0.05) is 71.1 Å². The molecule has 1 aromatic rings. The summed E-state index contributed by atoms with van der Waals surface area (Å²) in [7, 11) is 0. The van der Waals surface area contributed by atoms with Gasteiger partial charge in [-0.3, -0.25) is 0 Å². The van der Waals surface area contributed by atoms with Crippen molar-refractivity contribution in [1.29, 1.82) is 0 Å². The zero-order valence-electron chi connectivity index (χ0n) is 21.0. The van der Waals surface area contributed by atoms with Gasteiger partial charge in [-0.25, -0.2) is 13.2 Å². The van der Waals surface area contributed by atoms with E-state index in [4.69, 9.17) is 14.2 Å². The minimum atomic E-state index is -1.40. The van der Waals surface area contributed by atoms with Crippen LogP contribution in [0.3, 0.4) is 0 Å². The van der Waals surface area contributed by atoms with Gasteiger partial charge in [0.2, 0.25) is 0 Å². The third-order valence-corrected chi connectivity index (χ3v) is 5.82. The van der Waals surface area contributed by atoms with Gasteiger partial charge in [0, 0.05) is 13.2 Å². The maximum Gasteiger partial charge on any atom is 0.271 e. The van der Waals surface area contributed by atoms with E-state index < -0.39 is 23.9 Å². The third-order valence-electron chi connectivity index (χ3n) is 5.82. The van der Waals surface area contributed by atoms with E-state index in [1.54, 1.807) is 0 Å². The lowest BCUT2D eigenvalue weighted by molar-refractivity contribution is -0.302. The van der Waals surface area contributed by atoms with Crippen LogP contribution in [0.15, 0.2) is 12.1 Å². The van der Waals surface area contributed by atoms with Gasteiger partial charge in [0.15, 0.2) is 17.5 Å². The van der Waals surface area contributed by atoms with Crippen LogP contribution < -0.4 is 0 Å². The van der Waals surface area contributed by atoms with Gasteiger partial charge < -0.3 is 14.2 Å². The molecule has 0 saturated heterocycles. The molecule has 0 aliphatic heterocycles. The molecule has 0 saturated carbocycles. The van der Waals surface area contributed by atoms with Crippen LogP contribution in [0.1, 0.15) is 110 Å². The Morgan fingerprint density at radius 3 is 1.67 bits per heavy atom. The first kappa shape index (κ1) is 29.9. The highest BCUT2D eigenvalue weighted by Crippen LogP contribution is 2.20. The summed E-state index contributed by atoms with van der Waals surface area (Å²) in [5, 5.41) is 0. The number of rotatable bonds is 21. The second-order valence-electron chi connectivity index (χ2n) is 8.69. The third kappa shape index (κ3) is 14.0. The summed E-state index contributed by atoms with van der Waals surface area (Å²) in [6.07, 6.45) is 15.2. The normalized spacial score (nSPS) is 12.6. The zero-order chi connectivity index (χ0) is 24.3. The minimum absolute atomic E-state index is 0.101. The molecule has 0 bridgehead atoms. The number of hydrogen-bond acceptors (Lipinski definition) is 3. The summed E-state index contributed by atoms with van der Waals surface area (Å²) in [6.45, 7) is 6.56. The topological polar surface area (TPSA) is 27.7 Å². The maximum absolute atomic E-state index is 13.3. The molecule has 1 rings (SSSR count). The van der Waals surface area contributed by atoms with Gasteiger partial charge in [-0.2, -0.15) is 0 Å². The Morgan fingerprint density at radius 2 is 1.15 bits per heavy atom. The molecule has 0 aliphatic carbocycles.